The summed E-state index contributed by atoms with van der Waals surface area (Å²) in [6.07, 6.45) is 3.47. The van der Waals surface area contributed by atoms with Crippen molar-refractivity contribution in [3.8, 4) is 0 Å². The van der Waals surface area contributed by atoms with Crippen molar-refractivity contribution in [2.24, 2.45) is 0 Å². The molecule has 1 aromatic heterocycles. The summed E-state index contributed by atoms with van der Waals surface area (Å²) in [4.78, 5) is 16.2. The van der Waals surface area contributed by atoms with Crippen LogP contribution in [0.3, 0.4) is 0 Å². The first-order valence-corrected chi connectivity index (χ1v) is 5.31. The molecule has 3 rings (SSSR count). The van der Waals surface area contributed by atoms with Crippen LogP contribution in [-0.2, 0) is 10.2 Å². The van der Waals surface area contributed by atoms with Gasteiger partial charge in [-0.05, 0) is 32.0 Å². The molecule has 16 heavy (non-hydrogen) atoms. The highest BCUT2D eigenvalue weighted by Crippen LogP contribution is 2.42. The summed E-state index contributed by atoms with van der Waals surface area (Å²) in [5, 5.41) is 6.17. The largest absolute Gasteiger partial charge is 0.317 e. The van der Waals surface area contributed by atoms with Crippen molar-refractivity contribution in [2.45, 2.75) is 25.7 Å². The van der Waals surface area contributed by atoms with Gasteiger partial charge in [-0.1, -0.05) is 13.5 Å². The van der Waals surface area contributed by atoms with Gasteiger partial charge in [-0.25, -0.2) is 4.98 Å². The molecule has 0 aliphatic carbocycles. The minimum atomic E-state index is -0.311. The predicted octanol–water partition coefficient (Wildman–Crippen LogP) is 1.29. The van der Waals surface area contributed by atoms with Crippen molar-refractivity contribution in [2.75, 3.05) is 18.4 Å². The molecule has 1 spiro atoms. The van der Waals surface area contributed by atoms with Gasteiger partial charge >= 0.3 is 0 Å². The maximum absolute atomic E-state index is 12.0. The second-order valence-electron chi connectivity index (χ2n) is 4.19. The molecule has 1 fully saturated rings. The number of carbonyl (C=O) groups excluding carboxylic acids is 1. The third-order valence-corrected chi connectivity index (χ3v) is 3.45. The summed E-state index contributed by atoms with van der Waals surface area (Å²) in [6, 6.07) is 3.93. The van der Waals surface area contributed by atoms with Crippen LogP contribution in [0.25, 0.3) is 0 Å². The average molecular weight is 219 g/mol. The van der Waals surface area contributed by atoms with Crippen LogP contribution in [0.2, 0.25) is 0 Å². The van der Waals surface area contributed by atoms with E-state index in [1.54, 1.807) is 6.20 Å². The van der Waals surface area contributed by atoms with Crippen molar-refractivity contribution in [1.82, 2.24) is 10.3 Å². The number of nitrogens with one attached hydrogen (secondary N) is 2. The molecule has 2 aliphatic heterocycles. The Morgan fingerprint density at radius 1 is 1.31 bits per heavy atom. The Bertz CT molecular complexity index is 410. The van der Waals surface area contributed by atoms with E-state index in [2.05, 4.69) is 15.6 Å². The van der Waals surface area contributed by atoms with Crippen LogP contribution in [0.5, 0.6) is 0 Å². The molecule has 0 atom stereocenters. The lowest BCUT2D eigenvalue weighted by Crippen LogP contribution is -2.44. The first-order valence-electron chi connectivity index (χ1n) is 5.31. The van der Waals surface area contributed by atoms with Crippen LogP contribution in [0.4, 0.5) is 5.82 Å². The number of fused-ring (bicyclic) bond motifs is 2. The van der Waals surface area contributed by atoms with E-state index < -0.39 is 0 Å². The topological polar surface area (TPSA) is 54.0 Å². The number of nitrogens with zero attached hydrogens (tertiary/aromatic N) is 1. The molecule has 1 aromatic rings. The number of carbonyl (C=O) groups is 1. The van der Waals surface area contributed by atoms with Gasteiger partial charge in [-0.2, -0.15) is 0 Å². The van der Waals surface area contributed by atoms with E-state index in [9.17, 15) is 4.79 Å². The molecule has 2 N–H and O–H groups in total. The molecule has 4 heteroatoms. The Morgan fingerprint density at radius 3 is 2.81 bits per heavy atom. The highest BCUT2D eigenvalue weighted by molar-refractivity contribution is 6.05. The van der Waals surface area contributed by atoms with Gasteiger partial charge in [0.25, 0.3) is 0 Å². The van der Waals surface area contributed by atoms with Crippen LogP contribution in [0.1, 0.15) is 25.8 Å². The van der Waals surface area contributed by atoms with E-state index in [4.69, 9.17) is 0 Å². The van der Waals surface area contributed by atoms with E-state index in [0.717, 1.165) is 37.3 Å². The number of aromatic nitrogens is 1. The van der Waals surface area contributed by atoms with Gasteiger partial charge in [0.2, 0.25) is 5.91 Å². The van der Waals surface area contributed by atoms with E-state index in [0.29, 0.717) is 0 Å². The van der Waals surface area contributed by atoms with Gasteiger partial charge < -0.3 is 10.6 Å². The highest BCUT2D eigenvalue weighted by Gasteiger charge is 2.47. The summed E-state index contributed by atoms with van der Waals surface area (Å²) in [5.74, 6) is 0.877. The minimum Gasteiger partial charge on any atom is -0.317 e. The Balaban J connectivity index is 0.000000963. The number of anilines is 1. The molecule has 0 bridgehead atoms. The lowest BCUT2D eigenvalue weighted by atomic mass is 9.75. The van der Waals surface area contributed by atoms with E-state index in [1.807, 2.05) is 12.1 Å². The molecule has 1 saturated heterocycles. The summed E-state index contributed by atoms with van der Waals surface area (Å²) in [5.41, 5.74) is 0.769. The van der Waals surface area contributed by atoms with Crippen molar-refractivity contribution in [1.29, 1.82) is 0 Å². The SMILES string of the molecule is C.O=C1Nc2ncccc2C12CCNCC2. The second kappa shape index (κ2) is 3.87. The lowest BCUT2D eigenvalue weighted by Gasteiger charge is -2.31. The maximum atomic E-state index is 12.0. The van der Waals surface area contributed by atoms with Gasteiger partial charge in [-0.15, -0.1) is 0 Å². The molecular weight excluding hydrogens is 202 g/mol. The molecule has 86 valence electrons. The van der Waals surface area contributed by atoms with E-state index in [1.165, 1.54) is 0 Å². The molecule has 0 unspecified atom stereocenters. The third-order valence-electron chi connectivity index (χ3n) is 3.45. The zero-order valence-corrected chi connectivity index (χ0v) is 8.42. The van der Waals surface area contributed by atoms with Gasteiger partial charge in [0.15, 0.2) is 0 Å². The zero-order chi connectivity index (χ0) is 10.3. The Kier molecular flexibility index (Phi) is 2.68. The summed E-state index contributed by atoms with van der Waals surface area (Å²) in [7, 11) is 0. The third kappa shape index (κ3) is 1.33. The van der Waals surface area contributed by atoms with Crippen LogP contribution in [0, 0.1) is 0 Å². The van der Waals surface area contributed by atoms with Crippen molar-refractivity contribution < 1.29 is 4.79 Å². The first kappa shape index (κ1) is 11.1. The molecule has 0 saturated carbocycles. The summed E-state index contributed by atoms with van der Waals surface area (Å²) < 4.78 is 0. The Hall–Kier alpha value is -1.42. The summed E-state index contributed by atoms with van der Waals surface area (Å²) >= 11 is 0. The first-order chi connectivity index (χ1) is 7.33. The number of piperidine rings is 1. The van der Waals surface area contributed by atoms with Crippen LogP contribution >= 0.6 is 0 Å². The highest BCUT2D eigenvalue weighted by atomic mass is 16.2. The zero-order valence-electron chi connectivity index (χ0n) is 8.42. The molecule has 0 aromatic carbocycles. The number of hydrogen-bond donors (Lipinski definition) is 2. The van der Waals surface area contributed by atoms with Crippen LogP contribution in [-0.4, -0.2) is 24.0 Å². The maximum Gasteiger partial charge on any atom is 0.236 e. The lowest BCUT2D eigenvalue weighted by molar-refractivity contribution is -0.121. The van der Waals surface area contributed by atoms with E-state index in [-0.39, 0.29) is 18.7 Å². The van der Waals surface area contributed by atoms with Gasteiger partial charge in [0.1, 0.15) is 5.82 Å². The standard InChI is InChI=1S/C11H13N3O.CH4/c15-10-11(3-6-12-7-4-11)8-2-1-5-13-9(8)14-10;/h1-2,5,12H,3-4,6-7H2,(H,13,14,15);1H4. The number of hydrogen-bond acceptors (Lipinski definition) is 3. The fraction of sp³-hybridized carbons (Fsp3) is 0.500. The van der Waals surface area contributed by atoms with Crippen molar-refractivity contribution >= 4 is 11.7 Å². The smallest absolute Gasteiger partial charge is 0.236 e. The average Bonchev–Trinajstić information content (AvgIpc) is 2.55. The Morgan fingerprint density at radius 2 is 2.06 bits per heavy atom. The van der Waals surface area contributed by atoms with Crippen molar-refractivity contribution in [3.05, 3.63) is 23.9 Å². The summed E-state index contributed by atoms with van der Waals surface area (Å²) in [6.45, 7) is 1.81. The predicted molar refractivity (Wildman–Crippen MR) is 63.4 cm³/mol. The molecule has 3 heterocycles. The Labute approximate surface area is 95.5 Å². The van der Waals surface area contributed by atoms with Gasteiger partial charge in [0, 0.05) is 11.8 Å². The van der Waals surface area contributed by atoms with Gasteiger partial charge in [0.05, 0.1) is 5.41 Å². The van der Waals surface area contributed by atoms with Gasteiger partial charge in [-0.3, -0.25) is 4.79 Å². The molecule has 1 amide bonds. The van der Waals surface area contributed by atoms with Crippen LogP contribution in [0.15, 0.2) is 18.3 Å². The minimum absolute atomic E-state index is 0. The number of rotatable bonds is 0. The second-order valence-corrected chi connectivity index (χ2v) is 4.19. The molecular formula is C12H17N3O. The number of amides is 1. The normalized spacial score (nSPS) is 21.1. The molecule has 4 nitrogen and oxygen atoms in total. The van der Waals surface area contributed by atoms with Crippen molar-refractivity contribution in [3.63, 3.8) is 0 Å². The fourth-order valence-corrected chi connectivity index (χ4v) is 2.59. The number of pyridine rings is 1. The quantitative estimate of drug-likeness (QED) is 0.691. The van der Waals surface area contributed by atoms with Crippen LogP contribution < -0.4 is 10.6 Å². The monoisotopic (exact) mass is 219 g/mol. The molecule has 2 aliphatic rings. The van der Waals surface area contributed by atoms with E-state index >= 15 is 0 Å². The fourth-order valence-electron chi connectivity index (χ4n) is 2.59. The molecule has 0 radical (unpaired) electrons.